The van der Waals surface area contributed by atoms with E-state index >= 15 is 0 Å². The van der Waals surface area contributed by atoms with E-state index in [2.05, 4.69) is 24.5 Å². The fraction of sp³-hybridized carbons (Fsp3) is 1.00. The van der Waals surface area contributed by atoms with Crippen LogP contribution in [0.5, 0.6) is 0 Å². The lowest BCUT2D eigenvalue weighted by Gasteiger charge is -2.25. The number of nitrogens with one attached hydrogen (secondary N) is 2. The minimum atomic E-state index is 0. The first-order valence-corrected chi connectivity index (χ1v) is 4.23. The quantitative estimate of drug-likeness (QED) is 0.631. The van der Waals surface area contributed by atoms with Gasteiger partial charge in [0, 0.05) is 25.7 Å². The molecule has 0 saturated carbocycles. The number of hydrogen-bond acceptors (Lipinski definition) is 2. The Kier molecular flexibility index (Phi) is 5.51. The summed E-state index contributed by atoms with van der Waals surface area (Å²) in [5.74, 6) is 0.817. The van der Waals surface area contributed by atoms with Crippen LogP contribution in [0.3, 0.4) is 0 Å². The first kappa shape index (κ1) is 10.9. The fourth-order valence-corrected chi connectivity index (χ4v) is 1.45. The lowest BCUT2D eigenvalue weighted by atomic mass is 10.0. The Morgan fingerprint density at radius 1 is 1.36 bits per heavy atom. The summed E-state index contributed by atoms with van der Waals surface area (Å²) in [4.78, 5) is 0. The molecular weight excluding hydrogens is 136 g/mol. The van der Waals surface area contributed by atoms with Gasteiger partial charge in [0.15, 0.2) is 0 Å². The van der Waals surface area contributed by atoms with Gasteiger partial charge in [-0.1, -0.05) is 21.3 Å². The van der Waals surface area contributed by atoms with Crippen LogP contribution >= 0.6 is 0 Å². The van der Waals surface area contributed by atoms with E-state index in [-0.39, 0.29) is 7.43 Å². The summed E-state index contributed by atoms with van der Waals surface area (Å²) in [5.41, 5.74) is 0. The molecule has 2 heteroatoms. The molecule has 68 valence electrons. The van der Waals surface area contributed by atoms with Gasteiger partial charge in [0.2, 0.25) is 0 Å². The molecule has 0 aromatic carbocycles. The Bertz CT molecular complexity index is 85.6. The molecule has 1 rings (SSSR count). The molecule has 2 nitrogen and oxygen atoms in total. The molecule has 1 heterocycles. The number of piperazine rings is 1. The average molecular weight is 158 g/mol. The predicted molar refractivity (Wildman–Crippen MR) is 50.8 cm³/mol. The van der Waals surface area contributed by atoms with E-state index in [1.54, 1.807) is 0 Å². The van der Waals surface area contributed by atoms with Gasteiger partial charge in [0.1, 0.15) is 0 Å². The van der Waals surface area contributed by atoms with Crippen molar-refractivity contribution in [2.24, 2.45) is 5.92 Å². The van der Waals surface area contributed by atoms with E-state index in [1.165, 1.54) is 6.42 Å². The zero-order valence-electron chi connectivity index (χ0n) is 6.98. The van der Waals surface area contributed by atoms with Crippen LogP contribution in [-0.2, 0) is 0 Å². The monoisotopic (exact) mass is 158 g/mol. The Labute approximate surface area is 70.8 Å². The predicted octanol–water partition coefficient (Wildman–Crippen LogP) is 1.23. The molecule has 0 aromatic heterocycles. The maximum absolute atomic E-state index is 3.49. The minimum Gasteiger partial charge on any atom is -0.314 e. The van der Waals surface area contributed by atoms with Crippen LogP contribution in [0.25, 0.3) is 0 Å². The summed E-state index contributed by atoms with van der Waals surface area (Å²) in [7, 11) is 0. The van der Waals surface area contributed by atoms with Gasteiger partial charge < -0.3 is 10.6 Å². The first-order chi connectivity index (χ1) is 4.79. The highest BCUT2D eigenvalue weighted by Crippen LogP contribution is 2.04. The highest BCUT2D eigenvalue weighted by Gasteiger charge is 2.12. The summed E-state index contributed by atoms with van der Waals surface area (Å²) >= 11 is 0. The normalized spacial score (nSPS) is 24.8. The fourth-order valence-electron chi connectivity index (χ4n) is 1.45. The van der Waals surface area contributed by atoms with Crippen molar-refractivity contribution in [1.29, 1.82) is 0 Å². The van der Waals surface area contributed by atoms with Gasteiger partial charge in [-0.25, -0.2) is 0 Å². The number of hydrogen-bond donors (Lipinski definition) is 2. The summed E-state index contributed by atoms with van der Waals surface area (Å²) in [5, 5.41) is 6.87. The average Bonchev–Trinajstić information content (AvgIpc) is 1.88. The van der Waals surface area contributed by atoms with Gasteiger partial charge in [-0.3, -0.25) is 0 Å². The van der Waals surface area contributed by atoms with Crippen molar-refractivity contribution < 1.29 is 0 Å². The van der Waals surface area contributed by atoms with Crippen molar-refractivity contribution >= 4 is 0 Å². The SMILES string of the molecule is C.CC(C)C[C@@H]1CNCCN1. The molecule has 1 saturated heterocycles. The van der Waals surface area contributed by atoms with Crippen LogP contribution in [0.2, 0.25) is 0 Å². The second-order valence-electron chi connectivity index (χ2n) is 3.48. The lowest BCUT2D eigenvalue weighted by molar-refractivity contribution is 0.362. The summed E-state index contributed by atoms with van der Waals surface area (Å²) in [6.45, 7) is 7.97. The summed E-state index contributed by atoms with van der Waals surface area (Å²) in [6.07, 6.45) is 1.30. The summed E-state index contributed by atoms with van der Waals surface area (Å²) in [6, 6.07) is 0.716. The minimum absolute atomic E-state index is 0. The van der Waals surface area contributed by atoms with Crippen LogP contribution in [0.15, 0.2) is 0 Å². The highest BCUT2D eigenvalue weighted by molar-refractivity contribution is 4.75. The maximum atomic E-state index is 3.49. The van der Waals surface area contributed by atoms with Gasteiger partial charge in [0.25, 0.3) is 0 Å². The molecular formula is C9H22N2. The van der Waals surface area contributed by atoms with E-state index < -0.39 is 0 Å². The third-order valence-corrected chi connectivity index (χ3v) is 1.88. The Morgan fingerprint density at radius 2 is 2.09 bits per heavy atom. The van der Waals surface area contributed by atoms with Crippen LogP contribution in [-0.4, -0.2) is 25.7 Å². The first-order valence-electron chi connectivity index (χ1n) is 4.23. The number of rotatable bonds is 2. The third kappa shape index (κ3) is 4.38. The standard InChI is InChI=1S/C8H18N2.CH4/c1-7(2)5-8-6-9-3-4-10-8;/h7-10H,3-6H2,1-2H3;1H4/t8-;/m1./s1. The van der Waals surface area contributed by atoms with Crippen molar-refractivity contribution in [2.45, 2.75) is 33.7 Å². The van der Waals surface area contributed by atoms with Gasteiger partial charge in [-0.05, 0) is 12.3 Å². The maximum Gasteiger partial charge on any atom is 0.0195 e. The van der Waals surface area contributed by atoms with Crippen molar-refractivity contribution in [1.82, 2.24) is 10.6 Å². The smallest absolute Gasteiger partial charge is 0.0195 e. The van der Waals surface area contributed by atoms with E-state index in [4.69, 9.17) is 0 Å². The molecule has 1 atom stereocenters. The lowest BCUT2D eigenvalue weighted by Crippen LogP contribution is -2.48. The largest absolute Gasteiger partial charge is 0.314 e. The third-order valence-electron chi connectivity index (χ3n) is 1.88. The van der Waals surface area contributed by atoms with Gasteiger partial charge in [0.05, 0.1) is 0 Å². The van der Waals surface area contributed by atoms with Crippen molar-refractivity contribution in [3.05, 3.63) is 0 Å². The topological polar surface area (TPSA) is 24.1 Å². The molecule has 2 N–H and O–H groups in total. The molecule has 0 unspecified atom stereocenters. The molecule has 0 bridgehead atoms. The van der Waals surface area contributed by atoms with Crippen molar-refractivity contribution in [3.8, 4) is 0 Å². The van der Waals surface area contributed by atoms with Crippen molar-refractivity contribution in [2.75, 3.05) is 19.6 Å². The summed E-state index contributed by atoms with van der Waals surface area (Å²) < 4.78 is 0. The Balaban J connectivity index is 0.000001000. The molecule has 1 aliphatic heterocycles. The van der Waals surface area contributed by atoms with E-state index in [0.717, 1.165) is 25.6 Å². The van der Waals surface area contributed by atoms with E-state index in [1.807, 2.05) is 0 Å². The molecule has 0 amide bonds. The van der Waals surface area contributed by atoms with Crippen LogP contribution < -0.4 is 10.6 Å². The molecule has 0 aliphatic carbocycles. The molecule has 1 aliphatic rings. The highest BCUT2D eigenvalue weighted by atomic mass is 15.0. The van der Waals surface area contributed by atoms with E-state index in [0.29, 0.717) is 6.04 Å². The van der Waals surface area contributed by atoms with Crippen LogP contribution in [0.4, 0.5) is 0 Å². The zero-order valence-corrected chi connectivity index (χ0v) is 6.98. The Hall–Kier alpha value is -0.0800. The van der Waals surface area contributed by atoms with Gasteiger partial charge in [-0.2, -0.15) is 0 Å². The molecule has 0 spiro atoms. The molecule has 11 heavy (non-hydrogen) atoms. The van der Waals surface area contributed by atoms with Crippen LogP contribution in [0, 0.1) is 5.92 Å². The van der Waals surface area contributed by atoms with Crippen molar-refractivity contribution in [3.63, 3.8) is 0 Å². The molecule has 0 aromatic rings. The van der Waals surface area contributed by atoms with Gasteiger partial charge in [-0.15, -0.1) is 0 Å². The Morgan fingerprint density at radius 3 is 2.55 bits per heavy atom. The van der Waals surface area contributed by atoms with Crippen LogP contribution in [0.1, 0.15) is 27.7 Å². The molecule has 1 fully saturated rings. The van der Waals surface area contributed by atoms with Gasteiger partial charge >= 0.3 is 0 Å². The van der Waals surface area contributed by atoms with E-state index in [9.17, 15) is 0 Å². The second kappa shape index (κ2) is 5.56. The zero-order chi connectivity index (χ0) is 7.40. The molecule has 0 radical (unpaired) electrons. The second-order valence-corrected chi connectivity index (χ2v) is 3.48.